The molecule has 1 aromatic heterocycles. The molecule has 76 valence electrons. The summed E-state index contributed by atoms with van der Waals surface area (Å²) in [4.78, 5) is 2.20. The van der Waals surface area contributed by atoms with Gasteiger partial charge in [0.25, 0.3) is 0 Å². The van der Waals surface area contributed by atoms with E-state index in [0.717, 1.165) is 11.4 Å². The maximum Gasteiger partial charge on any atom is 0.151 e. The Hall–Kier alpha value is -1.16. The zero-order valence-electron chi connectivity index (χ0n) is 8.48. The molecular formula is C10H16N4. The fraction of sp³-hybridized carbons (Fsp3) is 0.600. The van der Waals surface area contributed by atoms with Gasteiger partial charge in [-0.15, -0.1) is 5.10 Å². The van der Waals surface area contributed by atoms with E-state index >= 15 is 0 Å². The van der Waals surface area contributed by atoms with Gasteiger partial charge in [-0.05, 0) is 30.9 Å². The van der Waals surface area contributed by atoms with Crippen molar-refractivity contribution in [2.24, 2.45) is 5.73 Å². The van der Waals surface area contributed by atoms with Crippen LogP contribution < -0.4 is 10.6 Å². The fourth-order valence-electron chi connectivity index (χ4n) is 1.64. The van der Waals surface area contributed by atoms with E-state index in [-0.39, 0.29) is 0 Å². The standard InChI is InChI=1S/C10H16N4/c1-14(9-3-2-4-9)10-5-8(6-11)7-12-13-10/h5,7,9H,2-4,6,11H2,1H3. The third kappa shape index (κ3) is 1.70. The molecule has 2 N–H and O–H groups in total. The number of hydrogen-bond acceptors (Lipinski definition) is 4. The molecule has 0 atom stereocenters. The van der Waals surface area contributed by atoms with Crippen molar-refractivity contribution >= 4 is 5.82 Å². The molecule has 0 unspecified atom stereocenters. The number of rotatable bonds is 3. The van der Waals surface area contributed by atoms with Crippen LogP contribution in [0.3, 0.4) is 0 Å². The summed E-state index contributed by atoms with van der Waals surface area (Å²) >= 11 is 0. The monoisotopic (exact) mass is 192 g/mol. The maximum atomic E-state index is 5.56. The highest BCUT2D eigenvalue weighted by molar-refractivity contribution is 5.40. The average molecular weight is 192 g/mol. The molecule has 0 radical (unpaired) electrons. The van der Waals surface area contributed by atoms with Gasteiger partial charge < -0.3 is 10.6 Å². The van der Waals surface area contributed by atoms with Gasteiger partial charge >= 0.3 is 0 Å². The van der Waals surface area contributed by atoms with Crippen LogP contribution in [0.4, 0.5) is 5.82 Å². The van der Waals surface area contributed by atoms with Crippen LogP contribution in [0, 0.1) is 0 Å². The van der Waals surface area contributed by atoms with Gasteiger partial charge in [-0.2, -0.15) is 5.10 Å². The first-order valence-corrected chi connectivity index (χ1v) is 5.06. The molecule has 4 heteroatoms. The topological polar surface area (TPSA) is 55.0 Å². The zero-order chi connectivity index (χ0) is 9.97. The Morgan fingerprint density at radius 3 is 2.93 bits per heavy atom. The van der Waals surface area contributed by atoms with E-state index in [1.54, 1.807) is 6.20 Å². The molecule has 1 aliphatic carbocycles. The van der Waals surface area contributed by atoms with Crippen LogP contribution in [0.5, 0.6) is 0 Å². The minimum atomic E-state index is 0.529. The predicted molar refractivity (Wildman–Crippen MR) is 56.0 cm³/mol. The van der Waals surface area contributed by atoms with E-state index in [1.165, 1.54) is 19.3 Å². The van der Waals surface area contributed by atoms with Crippen LogP contribution >= 0.6 is 0 Å². The Morgan fingerprint density at radius 2 is 2.36 bits per heavy atom. The number of aromatic nitrogens is 2. The van der Waals surface area contributed by atoms with E-state index in [2.05, 4.69) is 22.1 Å². The second kappa shape index (κ2) is 3.92. The van der Waals surface area contributed by atoms with Crippen molar-refractivity contribution in [1.29, 1.82) is 0 Å². The first kappa shape index (κ1) is 9.40. The summed E-state index contributed by atoms with van der Waals surface area (Å²) < 4.78 is 0. The summed E-state index contributed by atoms with van der Waals surface area (Å²) in [6.45, 7) is 0.529. The Bertz CT molecular complexity index is 309. The van der Waals surface area contributed by atoms with Gasteiger partial charge in [-0.1, -0.05) is 0 Å². The smallest absolute Gasteiger partial charge is 0.151 e. The number of nitrogens with two attached hydrogens (primary N) is 1. The molecule has 0 aliphatic heterocycles. The summed E-state index contributed by atoms with van der Waals surface area (Å²) in [5.41, 5.74) is 6.60. The largest absolute Gasteiger partial charge is 0.355 e. The third-order valence-corrected chi connectivity index (χ3v) is 2.92. The van der Waals surface area contributed by atoms with Crippen LogP contribution in [0.15, 0.2) is 12.3 Å². The molecule has 1 aliphatic rings. The maximum absolute atomic E-state index is 5.56. The molecule has 0 amide bonds. The summed E-state index contributed by atoms with van der Waals surface area (Å²) in [5.74, 6) is 0.942. The molecule has 0 saturated heterocycles. The van der Waals surface area contributed by atoms with E-state index < -0.39 is 0 Å². The highest BCUT2D eigenvalue weighted by atomic mass is 15.3. The molecule has 1 heterocycles. The van der Waals surface area contributed by atoms with Gasteiger partial charge in [-0.25, -0.2) is 0 Å². The van der Waals surface area contributed by atoms with Crippen LogP contribution in [0.1, 0.15) is 24.8 Å². The number of hydrogen-bond donors (Lipinski definition) is 1. The van der Waals surface area contributed by atoms with Gasteiger partial charge in [0.2, 0.25) is 0 Å². The van der Waals surface area contributed by atoms with Crippen LogP contribution in [-0.2, 0) is 6.54 Å². The Labute approximate surface area is 84.1 Å². The van der Waals surface area contributed by atoms with E-state index in [9.17, 15) is 0 Å². The van der Waals surface area contributed by atoms with Gasteiger partial charge in [0, 0.05) is 19.6 Å². The number of nitrogens with zero attached hydrogens (tertiary/aromatic N) is 3. The van der Waals surface area contributed by atoms with E-state index in [0.29, 0.717) is 12.6 Å². The highest BCUT2D eigenvalue weighted by Crippen LogP contribution is 2.26. The van der Waals surface area contributed by atoms with Crippen molar-refractivity contribution in [2.45, 2.75) is 31.8 Å². The molecular weight excluding hydrogens is 176 g/mol. The summed E-state index contributed by atoms with van der Waals surface area (Å²) in [6.07, 6.45) is 5.59. The van der Waals surface area contributed by atoms with Crippen molar-refractivity contribution < 1.29 is 0 Å². The number of anilines is 1. The van der Waals surface area contributed by atoms with Crippen molar-refractivity contribution in [1.82, 2.24) is 10.2 Å². The van der Waals surface area contributed by atoms with Gasteiger partial charge in [-0.3, -0.25) is 0 Å². The molecule has 1 aromatic rings. The van der Waals surface area contributed by atoms with Gasteiger partial charge in [0.15, 0.2) is 5.82 Å². The van der Waals surface area contributed by atoms with Crippen molar-refractivity contribution in [3.05, 3.63) is 17.8 Å². The van der Waals surface area contributed by atoms with Gasteiger partial charge in [0.05, 0.1) is 6.20 Å². The lowest BCUT2D eigenvalue weighted by atomic mass is 9.92. The summed E-state index contributed by atoms with van der Waals surface area (Å²) in [6, 6.07) is 2.67. The average Bonchev–Trinajstić information content (AvgIpc) is 2.15. The lowest BCUT2D eigenvalue weighted by molar-refractivity contribution is 0.398. The quantitative estimate of drug-likeness (QED) is 0.774. The second-order valence-corrected chi connectivity index (χ2v) is 3.82. The Morgan fingerprint density at radius 1 is 1.57 bits per heavy atom. The summed E-state index contributed by atoms with van der Waals surface area (Å²) in [7, 11) is 2.08. The second-order valence-electron chi connectivity index (χ2n) is 3.82. The SMILES string of the molecule is CN(c1cc(CN)cnn1)C1CCC1. The van der Waals surface area contributed by atoms with Crippen LogP contribution in [0.25, 0.3) is 0 Å². The molecule has 2 rings (SSSR count). The zero-order valence-corrected chi connectivity index (χ0v) is 8.48. The molecule has 4 nitrogen and oxygen atoms in total. The lowest BCUT2D eigenvalue weighted by Gasteiger charge is -2.35. The fourth-order valence-corrected chi connectivity index (χ4v) is 1.64. The minimum Gasteiger partial charge on any atom is -0.355 e. The predicted octanol–water partition coefficient (Wildman–Crippen LogP) is 0.924. The van der Waals surface area contributed by atoms with Gasteiger partial charge in [0.1, 0.15) is 0 Å². The van der Waals surface area contributed by atoms with Crippen molar-refractivity contribution in [3.63, 3.8) is 0 Å². The van der Waals surface area contributed by atoms with E-state index in [1.807, 2.05) is 6.07 Å². The molecule has 0 spiro atoms. The first-order chi connectivity index (χ1) is 6.81. The first-order valence-electron chi connectivity index (χ1n) is 5.06. The molecule has 1 fully saturated rings. The highest BCUT2D eigenvalue weighted by Gasteiger charge is 2.23. The molecule has 14 heavy (non-hydrogen) atoms. The lowest BCUT2D eigenvalue weighted by Crippen LogP contribution is -2.37. The third-order valence-electron chi connectivity index (χ3n) is 2.92. The van der Waals surface area contributed by atoms with E-state index in [4.69, 9.17) is 5.73 Å². The normalized spacial score (nSPS) is 16.4. The van der Waals surface area contributed by atoms with Crippen molar-refractivity contribution in [2.75, 3.05) is 11.9 Å². The Kier molecular flexibility index (Phi) is 2.63. The molecule has 1 saturated carbocycles. The van der Waals surface area contributed by atoms with Crippen molar-refractivity contribution in [3.8, 4) is 0 Å². The van der Waals surface area contributed by atoms with Crippen LogP contribution in [0.2, 0.25) is 0 Å². The van der Waals surface area contributed by atoms with Crippen LogP contribution in [-0.4, -0.2) is 23.3 Å². The molecule has 0 bridgehead atoms. The molecule has 0 aromatic carbocycles. The summed E-state index contributed by atoms with van der Waals surface area (Å²) in [5, 5.41) is 8.06. The minimum absolute atomic E-state index is 0.529. The Balaban J connectivity index is 2.13.